The van der Waals surface area contributed by atoms with Crippen LogP contribution in [-0.4, -0.2) is 41.6 Å². The molecule has 1 saturated heterocycles. The molecule has 0 atom stereocenters. The molecule has 2 aliphatic heterocycles. The SMILES string of the molecule is O=C1Nc2ncccc2CCN1C1CCN(c2ccc(I)cc2)CC1. The molecule has 0 bridgehead atoms. The number of fused-ring (bicyclic) bond motifs is 1. The number of aromatic nitrogens is 1. The average molecular weight is 448 g/mol. The summed E-state index contributed by atoms with van der Waals surface area (Å²) >= 11 is 2.33. The minimum absolute atomic E-state index is 0.00911. The summed E-state index contributed by atoms with van der Waals surface area (Å²) in [5, 5.41) is 2.98. The number of hydrogen-bond donors (Lipinski definition) is 1. The van der Waals surface area contributed by atoms with Crippen LogP contribution in [0.3, 0.4) is 0 Å². The lowest BCUT2D eigenvalue weighted by Crippen LogP contribution is -2.49. The molecule has 25 heavy (non-hydrogen) atoms. The van der Waals surface area contributed by atoms with Gasteiger partial charge >= 0.3 is 6.03 Å². The lowest BCUT2D eigenvalue weighted by molar-refractivity contribution is 0.177. The smallest absolute Gasteiger partial charge is 0.323 e. The van der Waals surface area contributed by atoms with Crippen molar-refractivity contribution >= 4 is 40.1 Å². The monoisotopic (exact) mass is 448 g/mol. The van der Waals surface area contributed by atoms with Crippen molar-refractivity contribution in [2.24, 2.45) is 0 Å². The van der Waals surface area contributed by atoms with E-state index in [9.17, 15) is 4.79 Å². The van der Waals surface area contributed by atoms with Gasteiger partial charge in [-0.15, -0.1) is 0 Å². The molecular weight excluding hydrogens is 427 g/mol. The molecule has 1 fully saturated rings. The van der Waals surface area contributed by atoms with Crippen LogP contribution in [0.2, 0.25) is 0 Å². The second-order valence-corrected chi connectivity index (χ2v) is 7.82. The molecule has 130 valence electrons. The summed E-state index contributed by atoms with van der Waals surface area (Å²) in [6.07, 6.45) is 4.60. The molecule has 0 aliphatic carbocycles. The number of carbonyl (C=O) groups excluding carboxylic acids is 1. The molecule has 6 heteroatoms. The Morgan fingerprint density at radius 1 is 1.08 bits per heavy atom. The highest BCUT2D eigenvalue weighted by molar-refractivity contribution is 14.1. The highest BCUT2D eigenvalue weighted by Crippen LogP contribution is 2.26. The first-order valence-corrected chi connectivity index (χ1v) is 9.80. The van der Waals surface area contributed by atoms with Crippen LogP contribution >= 0.6 is 22.6 Å². The van der Waals surface area contributed by atoms with Gasteiger partial charge in [-0.3, -0.25) is 5.32 Å². The van der Waals surface area contributed by atoms with E-state index in [0.717, 1.165) is 44.5 Å². The van der Waals surface area contributed by atoms with Crippen molar-refractivity contribution < 1.29 is 4.79 Å². The van der Waals surface area contributed by atoms with Gasteiger partial charge in [-0.2, -0.15) is 0 Å². The molecule has 0 saturated carbocycles. The molecular formula is C19H21IN4O. The van der Waals surface area contributed by atoms with Crippen molar-refractivity contribution in [2.45, 2.75) is 25.3 Å². The molecule has 2 amide bonds. The number of benzene rings is 1. The lowest BCUT2D eigenvalue weighted by Gasteiger charge is -2.38. The summed E-state index contributed by atoms with van der Waals surface area (Å²) in [7, 11) is 0. The fourth-order valence-corrected chi connectivity index (χ4v) is 4.06. The number of hydrogen-bond acceptors (Lipinski definition) is 3. The van der Waals surface area contributed by atoms with Crippen molar-refractivity contribution in [1.29, 1.82) is 0 Å². The number of halogens is 1. The van der Waals surface area contributed by atoms with Gasteiger partial charge in [0, 0.05) is 41.1 Å². The fraction of sp³-hybridized carbons (Fsp3) is 0.368. The van der Waals surface area contributed by atoms with Crippen LogP contribution in [0.25, 0.3) is 0 Å². The molecule has 5 nitrogen and oxygen atoms in total. The standard InChI is InChI=1S/C19H21IN4O/c20-15-3-5-16(6-4-15)23-11-8-17(9-12-23)24-13-7-14-2-1-10-21-18(14)22-19(24)25/h1-6,10,17H,7-9,11-13H2,(H,21,22,25). The van der Waals surface area contributed by atoms with Crippen molar-refractivity contribution in [3.05, 3.63) is 51.7 Å². The van der Waals surface area contributed by atoms with Crippen LogP contribution in [-0.2, 0) is 6.42 Å². The van der Waals surface area contributed by atoms with Crippen LogP contribution in [0, 0.1) is 3.57 Å². The maximum atomic E-state index is 12.6. The van der Waals surface area contributed by atoms with Gasteiger partial charge in [0.1, 0.15) is 5.82 Å². The Balaban J connectivity index is 1.41. The molecule has 4 rings (SSSR count). The molecule has 0 radical (unpaired) electrons. The van der Waals surface area contributed by atoms with Gasteiger partial charge in [0.2, 0.25) is 0 Å². The Bertz CT molecular complexity index is 756. The number of piperidine rings is 1. The third-order valence-electron chi connectivity index (χ3n) is 5.10. The van der Waals surface area contributed by atoms with E-state index in [1.807, 2.05) is 17.0 Å². The second kappa shape index (κ2) is 7.19. The van der Waals surface area contributed by atoms with Gasteiger partial charge < -0.3 is 9.80 Å². The Labute approximate surface area is 161 Å². The number of rotatable bonds is 2. The molecule has 2 aromatic rings. The number of nitrogens with zero attached hydrogens (tertiary/aromatic N) is 3. The summed E-state index contributed by atoms with van der Waals surface area (Å²) in [6, 6.07) is 12.9. The first kappa shape index (κ1) is 16.6. The number of pyridine rings is 1. The van der Waals surface area contributed by atoms with E-state index in [4.69, 9.17) is 0 Å². The Morgan fingerprint density at radius 2 is 1.84 bits per heavy atom. The van der Waals surface area contributed by atoms with Gasteiger partial charge in [0.05, 0.1) is 0 Å². The topological polar surface area (TPSA) is 48.5 Å². The van der Waals surface area contributed by atoms with Crippen LogP contribution in [0.1, 0.15) is 18.4 Å². The quantitative estimate of drug-likeness (QED) is 0.713. The fourth-order valence-electron chi connectivity index (χ4n) is 3.70. The molecule has 1 aromatic heterocycles. The third kappa shape index (κ3) is 3.58. The highest BCUT2D eigenvalue weighted by Gasteiger charge is 2.30. The minimum atomic E-state index is -0.00911. The predicted octanol–water partition coefficient (Wildman–Crippen LogP) is 3.75. The van der Waals surface area contributed by atoms with E-state index in [-0.39, 0.29) is 6.03 Å². The molecule has 2 aliphatic rings. The zero-order valence-corrected chi connectivity index (χ0v) is 16.1. The van der Waals surface area contributed by atoms with Crippen LogP contribution in [0.4, 0.5) is 16.3 Å². The van der Waals surface area contributed by atoms with Crippen molar-refractivity contribution in [3.8, 4) is 0 Å². The normalized spacial score (nSPS) is 18.5. The summed E-state index contributed by atoms with van der Waals surface area (Å²) in [4.78, 5) is 21.3. The third-order valence-corrected chi connectivity index (χ3v) is 5.82. The molecule has 3 heterocycles. The predicted molar refractivity (Wildman–Crippen MR) is 108 cm³/mol. The van der Waals surface area contributed by atoms with Crippen molar-refractivity contribution in [2.75, 3.05) is 29.9 Å². The Hall–Kier alpha value is -1.83. The number of carbonyl (C=O) groups is 1. The highest BCUT2D eigenvalue weighted by atomic mass is 127. The molecule has 1 N–H and O–H groups in total. The first-order valence-electron chi connectivity index (χ1n) is 8.73. The maximum Gasteiger partial charge on any atom is 0.323 e. The minimum Gasteiger partial charge on any atom is -0.371 e. The molecule has 0 spiro atoms. The van der Waals surface area contributed by atoms with E-state index >= 15 is 0 Å². The zero-order chi connectivity index (χ0) is 17.2. The van der Waals surface area contributed by atoms with Crippen LogP contribution in [0.5, 0.6) is 0 Å². The molecule has 1 aromatic carbocycles. The molecule has 0 unspecified atom stereocenters. The van der Waals surface area contributed by atoms with E-state index < -0.39 is 0 Å². The Kier molecular flexibility index (Phi) is 4.78. The summed E-state index contributed by atoms with van der Waals surface area (Å²) < 4.78 is 1.26. The zero-order valence-electron chi connectivity index (χ0n) is 14.0. The number of anilines is 2. The van der Waals surface area contributed by atoms with Gasteiger partial charge in [-0.1, -0.05) is 6.07 Å². The Morgan fingerprint density at radius 3 is 2.60 bits per heavy atom. The summed E-state index contributed by atoms with van der Waals surface area (Å²) in [5.41, 5.74) is 2.39. The maximum absolute atomic E-state index is 12.6. The second-order valence-electron chi connectivity index (χ2n) is 6.58. The van der Waals surface area contributed by atoms with E-state index in [0.29, 0.717) is 11.9 Å². The van der Waals surface area contributed by atoms with Gasteiger partial charge in [-0.25, -0.2) is 9.78 Å². The van der Waals surface area contributed by atoms with E-state index in [2.05, 4.69) is 62.1 Å². The summed E-state index contributed by atoms with van der Waals surface area (Å²) in [6.45, 7) is 2.74. The van der Waals surface area contributed by atoms with Crippen molar-refractivity contribution in [3.63, 3.8) is 0 Å². The van der Waals surface area contributed by atoms with Crippen LogP contribution in [0.15, 0.2) is 42.6 Å². The largest absolute Gasteiger partial charge is 0.371 e. The van der Waals surface area contributed by atoms with E-state index in [1.54, 1.807) is 6.20 Å². The average Bonchev–Trinajstić information content (AvgIpc) is 2.81. The number of nitrogens with one attached hydrogen (secondary N) is 1. The van der Waals surface area contributed by atoms with Gasteiger partial charge in [0.15, 0.2) is 0 Å². The van der Waals surface area contributed by atoms with Crippen LogP contribution < -0.4 is 10.2 Å². The first-order chi connectivity index (χ1) is 12.2. The van der Waals surface area contributed by atoms with Crippen molar-refractivity contribution in [1.82, 2.24) is 9.88 Å². The number of amides is 2. The van der Waals surface area contributed by atoms with Gasteiger partial charge in [0.25, 0.3) is 0 Å². The number of urea groups is 1. The van der Waals surface area contributed by atoms with E-state index in [1.165, 1.54) is 9.26 Å². The summed E-state index contributed by atoms with van der Waals surface area (Å²) in [5.74, 6) is 0.714. The lowest BCUT2D eigenvalue weighted by atomic mass is 10.0. The van der Waals surface area contributed by atoms with Gasteiger partial charge in [-0.05, 0) is 77.7 Å².